The van der Waals surface area contributed by atoms with Gasteiger partial charge in [0.25, 0.3) is 0 Å². The maximum absolute atomic E-state index is 12.2. The van der Waals surface area contributed by atoms with Gasteiger partial charge in [-0.15, -0.1) is 0 Å². The Morgan fingerprint density at radius 3 is 2.54 bits per heavy atom. The van der Waals surface area contributed by atoms with Crippen LogP contribution in [0.25, 0.3) is 10.9 Å². The van der Waals surface area contributed by atoms with E-state index >= 15 is 0 Å². The second-order valence-corrected chi connectivity index (χ2v) is 5.69. The molecule has 1 amide bonds. The Morgan fingerprint density at radius 2 is 1.75 bits per heavy atom. The lowest BCUT2D eigenvalue weighted by atomic mass is 10.2. The standard InChI is InChI=1S/C18H22N2O4/c21-16(19-12-5-1-2-8-18(23)24)9-10-17(22)20-13-11-14-6-3-4-7-15(14)20/h3-4,6-7,11,13H,1-2,5,8-10,12H2,(H,19,21)(H,23,24). The fraction of sp³-hybridized carbons (Fsp3) is 0.389. The molecule has 0 unspecified atom stereocenters. The van der Waals surface area contributed by atoms with Gasteiger partial charge in [-0.05, 0) is 25.0 Å². The third-order valence-electron chi connectivity index (χ3n) is 3.82. The van der Waals surface area contributed by atoms with Crippen molar-refractivity contribution in [1.82, 2.24) is 9.88 Å². The van der Waals surface area contributed by atoms with Crippen LogP contribution in [-0.2, 0) is 9.59 Å². The smallest absolute Gasteiger partial charge is 0.303 e. The van der Waals surface area contributed by atoms with Crippen molar-refractivity contribution in [3.8, 4) is 0 Å². The van der Waals surface area contributed by atoms with Crippen LogP contribution in [0.2, 0.25) is 0 Å². The first-order valence-corrected chi connectivity index (χ1v) is 8.15. The summed E-state index contributed by atoms with van der Waals surface area (Å²) in [5.74, 6) is -1.05. The second kappa shape index (κ2) is 8.86. The molecule has 0 aliphatic heterocycles. The topological polar surface area (TPSA) is 88.4 Å². The highest BCUT2D eigenvalue weighted by atomic mass is 16.4. The lowest BCUT2D eigenvalue weighted by Crippen LogP contribution is -2.25. The van der Waals surface area contributed by atoms with Gasteiger partial charge in [-0.1, -0.05) is 24.6 Å². The van der Waals surface area contributed by atoms with Crippen molar-refractivity contribution in [1.29, 1.82) is 0 Å². The first-order valence-electron chi connectivity index (χ1n) is 8.15. The Morgan fingerprint density at radius 1 is 0.958 bits per heavy atom. The van der Waals surface area contributed by atoms with Crippen LogP contribution in [0, 0.1) is 0 Å². The summed E-state index contributed by atoms with van der Waals surface area (Å²) in [4.78, 5) is 34.4. The molecule has 0 aliphatic carbocycles. The van der Waals surface area contributed by atoms with Gasteiger partial charge in [-0.2, -0.15) is 0 Å². The number of aliphatic carboxylic acids is 1. The number of carbonyl (C=O) groups is 3. The molecule has 24 heavy (non-hydrogen) atoms. The van der Waals surface area contributed by atoms with E-state index in [0.717, 1.165) is 23.7 Å². The monoisotopic (exact) mass is 330 g/mol. The summed E-state index contributed by atoms with van der Waals surface area (Å²) in [6.07, 6.45) is 4.32. The van der Waals surface area contributed by atoms with E-state index in [-0.39, 0.29) is 31.1 Å². The Kier molecular flexibility index (Phi) is 6.54. The molecule has 0 fully saturated rings. The average molecular weight is 330 g/mol. The van der Waals surface area contributed by atoms with E-state index in [1.54, 1.807) is 10.8 Å². The number of unbranched alkanes of at least 4 members (excludes halogenated alkanes) is 2. The van der Waals surface area contributed by atoms with Crippen LogP contribution in [0.3, 0.4) is 0 Å². The molecule has 6 nitrogen and oxygen atoms in total. The number of carboxylic acids is 1. The number of hydrogen-bond donors (Lipinski definition) is 2. The van der Waals surface area contributed by atoms with Crippen LogP contribution in [0.15, 0.2) is 36.5 Å². The van der Waals surface area contributed by atoms with Crippen molar-refractivity contribution in [3.05, 3.63) is 36.5 Å². The zero-order valence-corrected chi connectivity index (χ0v) is 13.5. The van der Waals surface area contributed by atoms with Gasteiger partial charge >= 0.3 is 5.97 Å². The number of amides is 1. The zero-order valence-electron chi connectivity index (χ0n) is 13.5. The molecule has 0 saturated heterocycles. The summed E-state index contributed by atoms with van der Waals surface area (Å²) in [5.41, 5.74) is 0.848. The minimum Gasteiger partial charge on any atom is -0.481 e. The van der Waals surface area contributed by atoms with Crippen LogP contribution in [0.1, 0.15) is 43.3 Å². The van der Waals surface area contributed by atoms with Crippen molar-refractivity contribution in [2.45, 2.75) is 38.5 Å². The summed E-state index contributed by atoms with van der Waals surface area (Å²) >= 11 is 0. The number of carbonyl (C=O) groups excluding carboxylic acids is 2. The van der Waals surface area contributed by atoms with Gasteiger partial charge in [0.2, 0.25) is 11.8 Å². The summed E-state index contributed by atoms with van der Waals surface area (Å²) in [5, 5.41) is 12.3. The van der Waals surface area contributed by atoms with Gasteiger partial charge in [-0.3, -0.25) is 19.0 Å². The molecule has 1 aromatic heterocycles. The SMILES string of the molecule is O=C(O)CCCCCNC(=O)CCC(=O)n1ccc2ccccc21. The molecule has 0 bridgehead atoms. The molecular weight excluding hydrogens is 308 g/mol. The number of benzene rings is 1. The summed E-state index contributed by atoms with van der Waals surface area (Å²) in [6.45, 7) is 0.513. The number of nitrogens with one attached hydrogen (secondary N) is 1. The molecule has 6 heteroatoms. The number of carboxylic acid groups (broad SMARTS) is 1. The quantitative estimate of drug-likeness (QED) is 0.692. The first-order chi connectivity index (χ1) is 11.6. The molecule has 0 radical (unpaired) electrons. The third kappa shape index (κ3) is 5.22. The van der Waals surface area contributed by atoms with Crippen LogP contribution >= 0.6 is 0 Å². The van der Waals surface area contributed by atoms with Crippen LogP contribution in [0.4, 0.5) is 0 Å². The van der Waals surface area contributed by atoms with Crippen molar-refractivity contribution >= 4 is 28.7 Å². The highest BCUT2D eigenvalue weighted by Gasteiger charge is 2.11. The van der Waals surface area contributed by atoms with Crippen LogP contribution in [0.5, 0.6) is 0 Å². The maximum Gasteiger partial charge on any atom is 0.303 e. The Hall–Kier alpha value is -2.63. The largest absolute Gasteiger partial charge is 0.481 e. The third-order valence-corrected chi connectivity index (χ3v) is 3.82. The molecule has 2 rings (SSSR count). The Labute approximate surface area is 140 Å². The van der Waals surface area contributed by atoms with Gasteiger partial charge in [0.15, 0.2) is 0 Å². The van der Waals surface area contributed by atoms with Crippen molar-refractivity contribution in [2.24, 2.45) is 0 Å². The average Bonchev–Trinajstić information content (AvgIpc) is 2.99. The van der Waals surface area contributed by atoms with Crippen molar-refractivity contribution in [3.63, 3.8) is 0 Å². The molecule has 0 saturated carbocycles. The Balaban J connectivity index is 1.68. The molecule has 1 aromatic carbocycles. The van der Waals surface area contributed by atoms with E-state index in [1.165, 1.54) is 0 Å². The predicted octanol–water partition coefficient (Wildman–Crippen LogP) is 2.82. The highest BCUT2D eigenvalue weighted by molar-refractivity contribution is 5.93. The van der Waals surface area contributed by atoms with Crippen LogP contribution < -0.4 is 5.32 Å². The number of hydrogen-bond acceptors (Lipinski definition) is 3. The molecule has 1 heterocycles. The van der Waals surface area contributed by atoms with Gasteiger partial charge < -0.3 is 10.4 Å². The van der Waals surface area contributed by atoms with Gasteiger partial charge in [0.05, 0.1) is 5.52 Å². The van der Waals surface area contributed by atoms with E-state index in [2.05, 4.69) is 5.32 Å². The molecule has 2 aromatic rings. The van der Waals surface area contributed by atoms with Gasteiger partial charge in [0.1, 0.15) is 0 Å². The second-order valence-electron chi connectivity index (χ2n) is 5.69. The van der Waals surface area contributed by atoms with Crippen molar-refractivity contribution in [2.75, 3.05) is 6.54 Å². The molecule has 128 valence electrons. The Bertz CT molecular complexity index is 721. The number of rotatable bonds is 9. The normalized spacial score (nSPS) is 10.7. The molecule has 0 aliphatic rings. The number of para-hydroxylation sites is 1. The predicted molar refractivity (Wildman–Crippen MR) is 90.9 cm³/mol. The molecular formula is C18H22N2O4. The summed E-state index contributed by atoms with van der Waals surface area (Å²) in [7, 11) is 0. The van der Waals surface area contributed by atoms with Gasteiger partial charge in [-0.25, -0.2) is 0 Å². The van der Waals surface area contributed by atoms with E-state index in [1.807, 2.05) is 30.3 Å². The minimum atomic E-state index is -0.796. The van der Waals surface area contributed by atoms with E-state index in [9.17, 15) is 14.4 Å². The lowest BCUT2D eigenvalue weighted by Gasteiger charge is -2.06. The van der Waals surface area contributed by atoms with E-state index < -0.39 is 5.97 Å². The van der Waals surface area contributed by atoms with Crippen LogP contribution in [-0.4, -0.2) is 34.0 Å². The first kappa shape index (κ1) is 17.7. The summed E-state index contributed by atoms with van der Waals surface area (Å²) in [6, 6.07) is 9.50. The molecule has 0 atom stereocenters. The van der Waals surface area contributed by atoms with E-state index in [4.69, 9.17) is 5.11 Å². The zero-order chi connectivity index (χ0) is 17.4. The fourth-order valence-corrected chi connectivity index (χ4v) is 2.54. The minimum absolute atomic E-state index is 0.104. The van der Waals surface area contributed by atoms with Gasteiger partial charge in [0, 0.05) is 37.4 Å². The molecule has 2 N–H and O–H groups in total. The number of fused-ring (bicyclic) bond motifs is 1. The lowest BCUT2D eigenvalue weighted by molar-refractivity contribution is -0.137. The van der Waals surface area contributed by atoms with Crippen molar-refractivity contribution < 1.29 is 19.5 Å². The number of nitrogens with zero attached hydrogens (tertiary/aromatic N) is 1. The number of aromatic nitrogens is 1. The molecule has 0 spiro atoms. The fourth-order valence-electron chi connectivity index (χ4n) is 2.54. The van der Waals surface area contributed by atoms with E-state index in [0.29, 0.717) is 13.0 Å². The maximum atomic E-state index is 12.2. The summed E-state index contributed by atoms with van der Waals surface area (Å²) < 4.78 is 1.58. The highest BCUT2D eigenvalue weighted by Crippen LogP contribution is 2.15.